The van der Waals surface area contributed by atoms with Crippen molar-refractivity contribution in [1.29, 1.82) is 0 Å². The summed E-state index contributed by atoms with van der Waals surface area (Å²) in [5.41, 5.74) is 2.56. The highest BCUT2D eigenvalue weighted by atomic mass is 19.1. The number of unbranched alkanes of at least 4 members (excludes halogenated alkanes) is 1. The second-order valence-electron chi connectivity index (χ2n) is 16.7. The number of aliphatic hydroxyl groups is 1. The van der Waals surface area contributed by atoms with Crippen LogP contribution < -0.4 is 5.73 Å². The zero-order chi connectivity index (χ0) is 43.2. The number of Topliss-reactive ketones (excluding diaryl/α,β-unsaturated/α-hetero) is 1. The third-order valence-corrected chi connectivity index (χ3v) is 12.1. The van der Waals surface area contributed by atoms with Crippen molar-refractivity contribution in [2.24, 2.45) is 5.92 Å². The normalized spacial score (nSPS) is 27.4. The molecule has 4 rings (SSSR count). The first kappa shape index (κ1) is 47.0. The van der Waals surface area contributed by atoms with Crippen LogP contribution in [0.3, 0.4) is 0 Å². The molecule has 0 aliphatic carbocycles. The number of hydrogen-bond donors (Lipinski definition) is 2. The first-order valence-corrected chi connectivity index (χ1v) is 20.7. The first-order valence-electron chi connectivity index (χ1n) is 20.7. The molecule has 2 saturated heterocycles. The molecule has 1 aromatic carbocycles. The van der Waals surface area contributed by atoms with Crippen molar-refractivity contribution in [3.8, 4) is 11.3 Å². The number of hydrogen-bond acceptors (Lipinski definition) is 13. The lowest BCUT2D eigenvalue weighted by Crippen LogP contribution is -2.60. The van der Waals surface area contributed by atoms with Crippen LogP contribution in [0.25, 0.3) is 11.3 Å². The third kappa shape index (κ3) is 10.2. The number of anilines is 1. The number of amides is 1. The number of aromatic nitrogens is 3. The molecule has 15 nitrogen and oxygen atoms in total. The van der Waals surface area contributed by atoms with Gasteiger partial charge in [-0.05, 0) is 92.4 Å². The van der Waals surface area contributed by atoms with E-state index in [1.54, 1.807) is 36.4 Å². The van der Waals surface area contributed by atoms with Gasteiger partial charge in [0, 0.05) is 43.4 Å². The van der Waals surface area contributed by atoms with Crippen LogP contribution in [0, 0.1) is 5.92 Å². The van der Waals surface area contributed by atoms with Gasteiger partial charge in [-0.1, -0.05) is 51.5 Å². The van der Waals surface area contributed by atoms with Crippen molar-refractivity contribution in [2.45, 2.75) is 167 Å². The number of esters is 1. The molecule has 326 valence electrons. The fraction of sp³-hybridized carbons (Fsp3) is 0.738. The number of carbonyl (C=O) groups is 3. The number of benzene rings is 1. The summed E-state index contributed by atoms with van der Waals surface area (Å²) >= 11 is 0. The van der Waals surface area contributed by atoms with Crippen molar-refractivity contribution in [3.63, 3.8) is 0 Å². The Kier molecular flexibility index (Phi) is 15.9. The lowest BCUT2D eigenvalue weighted by atomic mass is 9.79. The Morgan fingerprint density at radius 2 is 1.88 bits per heavy atom. The minimum absolute atomic E-state index is 0.188. The van der Waals surface area contributed by atoms with Crippen LogP contribution in [-0.4, -0.2) is 135 Å². The molecule has 58 heavy (non-hydrogen) atoms. The summed E-state index contributed by atoms with van der Waals surface area (Å²) in [6.45, 7) is 14.2. The number of rotatable bonds is 21. The molecule has 1 unspecified atom stereocenters. The van der Waals surface area contributed by atoms with E-state index in [2.05, 4.69) is 10.3 Å². The Labute approximate surface area is 343 Å². The summed E-state index contributed by atoms with van der Waals surface area (Å²) in [5, 5.41) is 19.8. The van der Waals surface area contributed by atoms with Gasteiger partial charge in [0.2, 0.25) is 0 Å². The number of likely N-dealkylation sites (N-methyl/N-ethyl adjacent to an activating group) is 1. The van der Waals surface area contributed by atoms with Crippen LogP contribution in [0.2, 0.25) is 0 Å². The highest BCUT2D eigenvalue weighted by Crippen LogP contribution is 2.40. The molecule has 0 radical (unpaired) electrons. The number of aliphatic hydroxyl groups excluding tert-OH is 1. The predicted octanol–water partition coefficient (Wildman–Crippen LogP) is 5.57. The minimum atomic E-state index is -3.12. The number of aryl methyl sites for hydroxylation is 1. The zero-order valence-electron chi connectivity index (χ0n) is 36.3. The SMILES string of the molecule is CCC[C@](C)(OC)[C@H](O[C@@H]1O[C@H](C)C[C@H](N(C)C)[C@H]1O)[C@@H](C)C(=O)[C@](C)(F)C(=O)O[C@H](CC)[C@@]1(C)OC(=O)N(CCCCn2cc(-c3cccc(N)c3)nn2)C1CC. The predicted molar refractivity (Wildman–Crippen MR) is 216 cm³/mol. The average Bonchev–Trinajstić information content (AvgIpc) is 3.75. The molecular weight excluding hydrogens is 751 g/mol. The summed E-state index contributed by atoms with van der Waals surface area (Å²) in [5.74, 6) is -3.71. The van der Waals surface area contributed by atoms with Crippen molar-refractivity contribution >= 4 is 23.5 Å². The molecule has 1 amide bonds. The number of ether oxygens (including phenoxy) is 5. The molecule has 11 atom stereocenters. The molecule has 2 aliphatic rings. The second kappa shape index (κ2) is 19.6. The highest BCUT2D eigenvalue weighted by molar-refractivity contribution is 6.07. The minimum Gasteiger partial charge on any atom is -0.455 e. The molecular formula is C42H67FN6O9. The van der Waals surface area contributed by atoms with Crippen molar-refractivity contribution < 1.29 is 47.6 Å². The largest absolute Gasteiger partial charge is 0.455 e. The monoisotopic (exact) mass is 818 g/mol. The summed E-state index contributed by atoms with van der Waals surface area (Å²) in [4.78, 5) is 44.9. The third-order valence-electron chi connectivity index (χ3n) is 12.1. The van der Waals surface area contributed by atoms with E-state index in [0.29, 0.717) is 63.0 Å². The molecule has 1 aromatic heterocycles. The number of nitrogens with zero attached hydrogens (tertiary/aromatic N) is 5. The lowest BCUT2D eigenvalue weighted by Gasteiger charge is -2.46. The van der Waals surface area contributed by atoms with E-state index in [9.17, 15) is 19.5 Å². The van der Waals surface area contributed by atoms with E-state index >= 15 is 4.39 Å². The van der Waals surface area contributed by atoms with E-state index in [1.165, 1.54) is 14.0 Å². The molecule has 16 heteroatoms. The lowest BCUT2D eigenvalue weighted by molar-refractivity contribution is -0.295. The number of methoxy groups -OCH3 is 1. The summed E-state index contributed by atoms with van der Waals surface area (Å²) in [7, 11) is 5.18. The summed E-state index contributed by atoms with van der Waals surface area (Å²) in [6.07, 6.45) is 0.202. The van der Waals surface area contributed by atoms with Crippen molar-refractivity contribution in [3.05, 3.63) is 30.5 Å². The number of nitrogens with two attached hydrogens (primary N) is 1. The van der Waals surface area contributed by atoms with Crippen LogP contribution in [0.1, 0.15) is 100 Å². The zero-order valence-corrected chi connectivity index (χ0v) is 36.3. The van der Waals surface area contributed by atoms with Crippen LogP contribution in [-0.2, 0) is 39.8 Å². The number of alkyl halides is 1. The maximum absolute atomic E-state index is 16.8. The highest BCUT2D eigenvalue weighted by Gasteiger charge is 2.58. The second-order valence-corrected chi connectivity index (χ2v) is 16.7. The van der Waals surface area contributed by atoms with Crippen molar-refractivity contribution in [2.75, 3.05) is 33.5 Å². The fourth-order valence-corrected chi connectivity index (χ4v) is 8.66. The van der Waals surface area contributed by atoms with Crippen LogP contribution in [0.15, 0.2) is 30.5 Å². The van der Waals surface area contributed by atoms with E-state index in [-0.39, 0.29) is 18.6 Å². The fourth-order valence-electron chi connectivity index (χ4n) is 8.66. The number of nitrogen functional groups attached to an aromatic ring is 1. The van der Waals surface area contributed by atoms with Gasteiger partial charge in [0.1, 0.15) is 17.9 Å². The number of cyclic esters (lactones) is 1. The van der Waals surface area contributed by atoms with Gasteiger partial charge in [0.15, 0.2) is 17.7 Å². The number of halogens is 1. The van der Waals surface area contributed by atoms with Gasteiger partial charge in [0.05, 0.1) is 30.0 Å². The van der Waals surface area contributed by atoms with Gasteiger partial charge in [-0.15, -0.1) is 5.10 Å². The van der Waals surface area contributed by atoms with Crippen LogP contribution in [0.5, 0.6) is 0 Å². The molecule has 0 spiro atoms. The van der Waals surface area contributed by atoms with Gasteiger partial charge >= 0.3 is 12.1 Å². The number of carbonyl (C=O) groups excluding carboxylic acids is 3. The standard InChI is InChI=1S/C42H67FN6O9/c1-12-20-40(6,54-11)36(57-37-34(50)31(47(9)10)23-26(4)55-37)27(5)35(51)41(7,43)38(52)56-33(14-3)42(8)32(13-2)49(39(53)58-42)22-16-15-21-48-25-30(45-46-48)28-18-17-19-29(44)24-28/h17-19,24-27,31-34,36-37,50H,12-16,20-23,44H2,1-11H3/t26-,27+,31+,32?,33-,34-,36-,37+,40+,41+,42+/m1/s1. The smallest absolute Gasteiger partial charge is 0.410 e. The molecule has 2 aromatic rings. The van der Waals surface area contributed by atoms with E-state index in [1.807, 2.05) is 64.2 Å². The molecule has 2 aliphatic heterocycles. The average molecular weight is 819 g/mol. The molecule has 0 bridgehead atoms. The van der Waals surface area contributed by atoms with E-state index < -0.39 is 71.3 Å². The Hall–Kier alpha value is -3.70. The topological polar surface area (TPSA) is 181 Å². The maximum Gasteiger partial charge on any atom is 0.410 e. The Bertz CT molecular complexity index is 1690. The van der Waals surface area contributed by atoms with Gasteiger partial charge < -0.3 is 44.3 Å². The van der Waals surface area contributed by atoms with Crippen LogP contribution >= 0.6 is 0 Å². The summed E-state index contributed by atoms with van der Waals surface area (Å²) < 4.78 is 48.7. The maximum atomic E-state index is 16.8. The van der Waals surface area contributed by atoms with Gasteiger partial charge in [-0.25, -0.2) is 14.0 Å². The van der Waals surface area contributed by atoms with Gasteiger partial charge in [-0.3, -0.25) is 9.48 Å². The molecule has 3 heterocycles. The van der Waals surface area contributed by atoms with Gasteiger partial charge in [0.25, 0.3) is 5.67 Å². The Morgan fingerprint density at radius 3 is 2.48 bits per heavy atom. The molecule has 0 saturated carbocycles. The Morgan fingerprint density at radius 1 is 1.19 bits per heavy atom. The number of ketones is 1. The Balaban J connectivity index is 1.45. The van der Waals surface area contributed by atoms with Crippen molar-refractivity contribution in [1.82, 2.24) is 24.8 Å². The van der Waals surface area contributed by atoms with E-state index in [4.69, 9.17) is 29.4 Å². The quantitative estimate of drug-likeness (QED) is 0.0692. The molecule has 2 fully saturated rings. The van der Waals surface area contributed by atoms with Gasteiger partial charge in [-0.2, -0.15) is 0 Å². The summed E-state index contributed by atoms with van der Waals surface area (Å²) in [6, 6.07) is 6.62. The molecule has 3 N–H and O–H groups in total. The first-order chi connectivity index (χ1) is 27.3. The van der Waals surface area contributed by atoms with Crippen LogP contribution in [0.4, 0.5) is 14.9 Å². The van der Waals surface area contributed by atoms with E-state index in [0.717, 1.165) is 12.5 Å².